The molecule has 2 fully saturated rings. The molecule has 1 N–H and O–H groups in total. The lowest BCUT2D eigenvalue weighted by atomic mass is 9.85. The zero-order valence-electron chi connectivity index (χ0n) is 12.8. The van der Waals surface area contributed by atoms with Crippen LogP contribution in [0.1, 0.15) is 40.0 Å². The van der Waals surface area contributed by atoms with Gasteiger partial charge >= 0.3 is 5.97 Å². The van der Waals surface area contributed by atoms with Crippen LogP contribution < -0.4 is 0 Å². The molecule has 3 rings (SSSR count). The Hall–Kier alpha value is -1.40. The molecule has 2 saturated heterocycles. The van der Waals surface area contributed by atoms with Gasteiger partial charge in [-0.25, -0.2) is 4.79 Å². The second-order valence-corrected chi connectivity index (χ2v) is 7.20. The van der Waals surface area contributed by atoms with Crippen LogP contribution in [0.4, 0.5) is 0 Å². The molecule has 0 radical (unpaired) electrons. The Labute approximate surface area is 143 Å². The molecule has 0 aromatic heterocycles. The lowest BCUT2D eigenvalue weighted by molar-refractivity contribution is 0.0471. The smallest absolute Gasteiger partial charge is 0.335 e. The van der Waals surface area contributed by atoms with E-state index in [-0.39, 0.29) is 11.5 Å². The van der Waals surface area contributed by atoms with E-state index in [1.165, 1.54) is 12.1 Å². The molecular weight excluding hydrogens is 362 g/mol. The number of amides is 1. The molecule has 2 aliphatic heterocycles. The van der Waals surface area contributed by atoms with Crippen molar-refractivity contribution in [1.29, 1.82) is 0 Å². The molecule has 23 heavy (non-hydrogen) atoms. The van der Waals surface area contributed by atoms with Gasteiger partial charge in [0.25, 0.3) is 5.91 Å². The number of aromatic carboxylic acids is 1. The number of ether oxygens (including phenoxy) is 1. The highest BCUT2D eigenvalue weighted by Crippen LogP contribution is 2.32. The molecule has 124 valence electrons. The van der Waals surface area contributed by atoms with Gasteiger partial charge in [0.2, 0.25) is 0 Å². The molecule has 2 heterocycles. The third-order valence-corrected chi connectivity index (χ3v) is 5.29. The van der Waals surface area contributed by atoms with E-state index in [0.717, 1.165) is 45.6 Å². The van der Waals surface area contributed by atoms with E-state index in [0.29, 0.717) is 21.9 Å². The third-order valence-electron chi connectivity index (χ3n) is 4.84. The zero-order valence-corrected chi connectivity index (χ0v) is 14.4. The number of hydrogen-bond donors (Lipinski definition) is 1. The number of likely N-dealkylation sites (tertiary alicyclic amines) is 1. The summed E-state index contributed by atoms with van der Waals surface area (Å²) in [5.74, 6) is 0.0674. The van der Waals surface area contributed by atoms with Crippen molar-refractivity contribution in [3.05, 3.63) is 33.8 Å². The first-order valence-corrected chi connectivity index (χ1v) is 8.75. The fourth-order valence-corrected chi connectivity index (χ4v) is 4.06. The number of rotatable bonds is 3. The predicted octanol–water partition coefficient (Wildman–Crippen LogP) is 3.04. The minimum Gasteiger partial charge on any atom is -0.478 e. The Bertz CT molecular complexity index is 613. The van der Waals surface area contributed by atoms with E-state index in [1.54, 1.807) is 6.07 Å². The van der Waals surface area contributed by atoms with E-state index in [9.17, 15) is 9.59 Å². The lowest BCUT2D eigenvalue weighted by Crippen LogP contribution is -2.31. The van der Waals surface area contributed by atoms with Gasteiger partial charge in [0.15, 0.2) is 0 Å². The highest BCUT2D eigenvalue weighted by atomic mass is 79.9. The molecule has 1 aromatic rings. The molecule has 5 nitrogen and oxygen atoms in total. The van der Waals surface area contributed by atoms with Crippen molar-refractivity contribution in [2.75, 3.05) is 26.3 Å². The molecular formula is C17H20BrNO4. The SMILES string of the molecule is O=C(O)c1cc(Br)cc(C(=O)N2CCC(C3CCOCC3)C2)c1. The summed E-state index contributed by atoms with van der Waals surface area (Å²) in [4.78, 5) is 25.7. The van der Waals surface area contributed by atoms with Crippen LogP contribution in [0.3, 0.4) is 0 Å². The maximum atomic E-state index is 12.7. The molecule has 0 spiro atoms. The molecule has 1 unspecified atom stereocenters. The van der Waals surface area contributed by atoms with Crippen LogP contribution in [0.5, 0.6) is 0 Å². The van der Waals surface area contributed by atoms with Crippen molar-refractivity contribution in [2.24, 2.45) is 11.8 Å². The van der Waals surface area contributed by atoms with Gasteiger partial charge in [-0.15, -0.1) is 0 Å². The van der Waals surface area contributed by atoms with Gasteiger partial charge in [0.05, 0.1) is 5.56 Å². The second-order valence-electron chi connectivity index (χ2n) is 6.28. The number of carbonyl (C=O) groups excluding carboxylic acids is 1. The maximum Gasteiger partial charge on any atom is 0.335 e. The van der Waals surface area contributed by atoms with Crippen LogP contribution in [0.15, 0.2) is 22.7 Å². The van der Waals surface area contributed by atoms with E-state index in [4.69, 9.17) is 9.84 Å². The van der Waals surface area contributed by atoms with Gasteiger partial charge in [-0.1, -0.05) is 15.9 Å². The highest BCUT2D eigenvalue weighted by Gasteiger charge is 2.33. The number of nitrogens with zero attached hydrogens (tertiary/aromatic N) is 1. The molecule has 1 atom stereocenters. The summed E-state index contributed by atoms with van der Waals surface area (Å²) in [7, 11) is 0. The molecule has 0 saturated carbocycles. The number of carbonyl (C=O) groups is 2. The largest absolute Gasteiger partial charge is 0.478 e. The molecule has 6 heteroatoms. The van der Waals surface area contributed by atoms with Crippen molar-refractivity contribution in [3.8, 4) is 0 Å². The van der Waals surface area contributed by atoms with Crippen LogP contribution in [0.25, 0.3) is 0 Å². The van der Waals surface area contributed by atoms with Crippen LogP contribution in [-0.4, -0.2) is 48.2 Å². The van der Waals surface area contributed by atoms with E-state index in [2.05, 4.69) is 15.9 Å². The summed E-state index contributed by atoms with van der Waals surface area (Å²) in [5, 5.41) is 9.14. The molecule has 1 amide bonds. The van der Waals surface area contributed by atoms with Gasteiger partial charge < -0.3 is 14.7 Å². The Morgan fingerprint density at radius 2 is 1.78 bits per heavy atom. The van der Waals surface area contributed by atoms with Crippen molar-refractivity contribution < 1.29 is 19.4 Å². The van der Waals surface area contributed by atoms with Gasteiger partial charge in [-0.3, -0.25) is 4.79 Å². The number of hydrogen-bond acceptors (Lipinski definition) is 3. The van der Waals surface area contributed by atoms with Crippen LogP contribution in [-0.2, 0) is 4.74 Å². The van der Waals surface area contributed by atoms with Gasteiger partial charge in [0, 0.05) is 36.3 Å². The fraction of sp³-hybridized carbons (Fsp3) is 0.529. The van der Waals surface area contributed by atoms with E-state index in [1.807, 2.05) is 4.90 Å². The average Bonchev–Trinajstić information content (AvgIpc) is 3.04. The fourth-order valence-electron chi connectivity index (χ4n) is 3.56. The summed E-state index contributed by atoms with van der Waals surface area (Å²) >= 11 is 3.28. The van der Waals surface area contributed by atoms with Gasteiger partial charge in [-0.2, -0.15) is 0 Å². The highest BCUT2D eigenvalue weighted by molar-refractivity contribution is 9.10. The van der Waals surface area contributed by atoms with E-state index >= 15 is 0 Å². The molecule has 0 aliphatic carbocycles. The minimum atomic E-state index is -1.03. The van der Waals surface area contributed by atoms with Crippen LogP contribution in [0, 0.1) is 11.8 Å². The zero-order chi connectivity index (χ0) is 16.4. The summed E-state index contributed by atoms with van der Waals surface area (Å²) < 4.78 is 6.02. The number of halogens is 1. The van der Waals surface area contributed by atoms with E-state index < -0.39 is 5.97 Å². The monoisotopic (exact) mass is 381 g/mol. The standard InChI is InChI=1S/C17H20BrNO4/c18-15-8-13(7-14(9-15)17(21)22)16(20)19-4-1-12(10-19)11-2-5-23-6-3-11/h7-9,11-12H,1-6,10H2,(H,21,22). The minimum absolute atomic E-state index is 0.0802. The summed E-state index contributed by atoms with van der Waals surface area (Å²) in [5.41, 5.74) is 0.562. The Kier molecular flexibility index (Phi) is 5.02. The lowest BCUT2D eigenvalue weighted by Gasteiger charge is -2.27. The number of carboxylic acids is 1. The predicted molar refractivity (Wildman–Crippen MR) is 88.7 cm³/mol. The summed E-state index contributed by atoms with van der Waals surface area (Å²) in [6.45, 7) is 3.15. The first-order chi connectivity index (χ1) is 11.0. The second kappa shape index (κ2) is 7.01. The van der Waals surface area contributed by atoms with Gasteiger partial charge in [0.1, 0.15) is 0 Å². The normalized spacial score (nSPS) is 22.3. The van der Waals surface area contributed by atoms with Crippen molar-refractivity contribution in [2.45, 2.75) is 19.3 Å². The molecule has 2 aliphatic rings. The van der Waals surface area contributed by atoms with Crippen molar-refractivity contribution in [3.63, 3.8) is 0 Å². The number of carboxylic acid groups (broad SMARTS) is 1. The average molecular weight is 382 g/mol. The third kappa shape index (κ3) is 3.75. The first-order valence-electron chi connectivity index (χ1n) is 7.95. The summed E-state index contributed by atoms with van der Waals surface area (Å²) in [6, 6.07) is 4.65. The van der Waals surface area contributed by atoms with Crippen molar-refractivity contribution in [1.82, 2.24) is 4.90 Å². The first kappa shape index (κ1) is 16.5. The quantitative estimate of drug-likeness (QED) is 0.873. The molecule has 0 bridgehead atoms. The summed E-state index contributed by atoms with van der Waals surface area (Å²) in [6.07, 6.45) is 3.18. The Morgan fingerprint density at radius 3 is 2.48 bits per heavy atom. The van der Waals surface area contributed by atoms with Gasteiger partial charge in [-0.05, 0) is 49.3 Å². The van der Waals surface area contributed by atoms with Crippen LogP contribution >= 0.6 is 15.9 Å². The Morgan fingerprint density at radius 1 is 1.09 bits per heavy atom. The topological polar surface area (TPSA) is 66.8 Å². The van der Waals surface area contributed by atoms with Crippen molar-refractivity contribution >= 4 is 27.8 Å². The Balaban J connectivity index is 1.70. The maximum absolute atomic E-state index is 12.7. The van der Waals surface area contributed by atoms with Crippen LogP contribution in [0.2, 0.25) is 0 Å². The number of benzene rings is 1. The molecule has 1 aromatic carbocycles.